The van der Waals surface area contributed by atoms with E-state index in [2.05, 4.69) is 5.32 Å². The monoisotopic (exact) mass is 351 g/mol. The van der Waals surface area contributed by atoms with Crippen molar-refractivity contribution in [3.8, 4) is 0 Å². The zero-order chi connectivity index (χ0) is 18.8. The number of hydrogen-bond acceptors (Lipinski definition) is 4. The van der Waals surface area contributed by atoms with E-state index in [1.807, 2.05) is 0 Å². The number of nitrogens with two attached hydrogens (primary N) is 1. The van der Waals surface area contributed by atoms with E-state index in [9.17, 15) is 14.0 Å². The normalized spacial score (nSPS) is 20.9. The topological polar surface area (TPSA) is 84.7 Å². The van der Waals surface area contributed by atoms with E-state index in [4.69, 9.17) is 10.5 Å². The first kappa shape index (κ1) is 19.0. The lowest BCUT2D eigenvalue weighted by molar-refractivity contribution is -0.123. The number of rotatable bonds is 3. The lowest BCUT2D eigenvalue weighted by Crippen LogP contribution is -2.61. The molecule has 0 bridgehead atoms. The van der Waals surface area contributed by atoms with Gasteiger partial charge in [-0.05, 0) is 64.3 Å². The van der Waals surface area contributed by atoms with Crippen LogP contribution in [0.15, 0.2) is 18.2 Å². The van der Waals surface area contributed by atoms with Crippen LogP contribution in [0.2, 0.25) is 0 Å². The Morgan fingerprint density at radius 3 is 2.56 bits per heavy atom. The average Bonchev–Trinajstić information content (AvgIpc) is 2.44. The van der Waals surface area contributed by atoms with Crippen LogP contribution in [-0.2, 0) is 9.53 Å². The second-order valence-corrected chi connectivity index (χ2v) is 7.59. The van der Waals surface area contributed by atoms with Crippen LogP contribution in [0.25, 0.3) is 0 Å². The number of aryl methyl sites for hydroxylation is 1. The van der Waals surface area contributed by atoms with Gasteiger partial charge in [-0.25, -0.2) is 9.18 Å². The van der Waals surface area contributed by atoms with Gasteiger partial charge < -0.3 is 20.7 Å². The Kier molecular flexibility index (Phi) is 5.25. The van der Waals surface area contributed by atoms with E-state index in [1.165, 1.54) is 17.0 Å². The van der Waals surface area contributed by atoms with Crippen molar-refractivity contribution in [2.45, 2.75) is 51.7 Å². The second-order valence-electron chi connectivity index (χ2n) is 7.59. The second kappa shape index (κ2) is 6.90. The first-order chi connectivity index (χ1) is 11.5. The van der Waals surface area contributed by atoms with E-state index >= 15 is 0 Å². The van der Waals surface area contributed by atoms with Gasteiger partial charge in [-0.3, -0.25) is 4.79 Å². The third-order valence-electron chi connectivity index (χ3n) is 4.04. The summed E-state index contributed by atoms with van der Waals surface area (Å²) in [5.74, 6) is -0.982. The smallest absolute Gasteiger partial charge is 0.410 e. The number of nitrogens with one attached hydrogen (secondary N) is 1. The highest BCUT2D eigenvalue weighted by Crippen LogP contribution is 2.28. The highest BCUT2D eigenvalue weighted by Gasteiger charge is 2.43. The van der Waals surface area contributed by atoms with Crippen LogP contribution in [0.1, 0.15) is 39.2 Å². The molecule has 1 aliphatic rings. The van der Waals surface area contributed by atoms with E-state index in [0.29, 0.717) is 25.1 Å². The van der Waals surface area contributed by atoms with Crippen LogP contribution in [0.5, 0.6) is 0 Å². The maximum atomic E-state index is 13.7. The van der Waals surface area contributed by atoms with Gasteiger partial charge in [0.05, 0.1) is 6.54 Å². The molecule has 1 unspecified atom stereocenters. The van der Waals surface area contributed by atoms with Crippen molar-refractivity contribution in [3.05, 3.63) is 29.6 Å². The Balaban J connectivity index is 2.23. The van der Waals surface area contributed by atoms with Crippen molar-refractivity contribution >= 4 is 17.7 Å². The van der Waals surface area contributed by atoms with Gasteiger partial charge in [0.15, 0.2) is 0 Å². The number of piperidine rings is 1. The summed E-state index contributed by atoms with van der Waals surface area (Å²) in [5, 5.41) is 3.06. The summed E-state index contributed by atoms with van der Waals surface area (Å²) in [4.78, 5) is 26.0. The molecule has 138 valence electrons. The largest absolute Gasteiger partial charge is 0.444 e. The van der Waals surface area contributed by atoms with E-state index < -0.39 is 29.0 Å². The minimum Gasteiger partial charge on any atom is -0.444 e. The Hall–Kier alpha value is -2.31. The van der Waals surface area contributed by atoms with Crippen molar-refractivity contribution in [1.29, 1.82) is 0 Å². The van der Waals surface area contributed by atoms with Gasteiger partial charge in [0, 0.05) is 12.2 Å². The molecule has 0 aromatic heterocycles. The van der Waals surface area contributed by atoms with Crippen LogP contribution in [0.4, 0.5) is 14.9 Å². The molecule has 7 heteroatoms. The third-order valence-corrected chi connectivity index (χ3v) is 4.04. The molecule has 25 heavy (non-hydrogen) atoms. The molecular weight excluding hydrogens is 325 g/mol. The molecule has 1 aromatic rings. The molecule has 2 rings (SSSR count). The number of halogens is 1. The molecule has 1 atom stereocenters. The number of amides is 2. The summed E-state index contributed by atoms with van der Waals surface area (Å²) in [6.07, 6.45) is 0.552. The summed E-state index contributed by atoms with van der Waals surface area (Å²) in [5.41, 5.74) is 5.04. The summed E-state index contributed by atoms with van der Waals surface area (Å²) in [6, 6.07) is 4.44. The molecular formula is C18H26FN3O3. The highest BCUT2D eigenvalue weighted by molar-refractivity contribution is 5.89. The predicted molar refractivity (Wildman–Crippen MR) is 93.7 cm³/mol. The summed E-state index contributed by atoms with van der Waals surface area (Å²) in [6.45, 7) is 7.66. The van der Waals surface area contributed by atoms with Gasteiger partial charge in [-0.2, -0.15) is 0 Å². The number of hydrogen-bond donors (Lipinski definition) is 2. The van der Waals surface area contributed by atoms with Crippen molar-refractivity contribution in [2.75, 3.05) is 18.4 Å². The Morgan fingerprint density at radius 2 is 2.00 bits per heavy atom. The number of carbonyl (C=O) groups is 2. The molecule has 2 amide bonds. The van der Waals surface area contributed by atoms with Gasteiger partial charge in [-0.15, -0.1) is 0 Å². The van der Waals surface area contributed by atoms with Gasteiger partial charge in [0.25, 0.3) is 0 Å². The van der Waals surface area contributed by atoms with Gasteiger partial charge in [0.2, 0.25) is 5.91 Å². The van der Waals surface area contributed by atoms with Crippen LogP contribution in [-0.4, -0.2) is 41.1 Å². The summed E-state index contributed by atoms with van der Waals surface area (Å²) < 4.78 is 19.0. The number of primary amides is 1. The number of ether oxygens (including phenoxy) is 1. The minimum atomic E-state index is -1.16. The molecule has 1 saturated heterocycles. The first-order valence-electron chi connectivity index (χ1n) is 8.34. The van der Waals surface area contributed by atoms with Gasteiger partial charge in [0.1, 0.15) is 17.0 Å². The lowest BCUT2D eigenvalue weighted by atomic mass is 9.87. The van der Waals surface area contributed by atoms with Gasteiger partial charge >= 0.3 is 6.09 Å². The van der Waals surface area contributed by atoms with Crippen molar-refractivity contribution in [3.63, 3.8) is 0 Å². The molecule has 3 N–H and O–H groups in total. The van der Waals surface area contributed by atoms with Crippen LogP contribution in [0.3, 0.4) is 0 Å². The fourth-order valence-electron chi connectivity index (χ4n) is 2.99. The van der Waals surface area contributed by atoms with E-state index in [0.717, 1.165) is 5.56 Å². The number of benzene rings is 1. The van der Waals surface area contributed by atoms with Crippen LogP contribution < -0.4 is 11.1 Å². The SMILES string of the molecule is Cc1cc(F)cc(NC2(C(N)=O)CCCN(C(=O)OC(C)(C)C)C2)c1. The quantitative estimate of drug-likeness (QED) is 0.877. The molecule has 1 aliphatic heterocycles. The summed E-state index contributed by atoms with van der Waals surface area (Å²) >= 11 is 0. The van der Waals surface area contributed by atoms with Crippen LogP contribution in [0, 0.1) is 12.7 Å². The molecule has 0 saturated carbocycles. The minimum absolute atomic E-state index is 0.0762. The molecule has 1 heterocycles. The third kappa shape index (κ3) is 4.84. The molecule has 1 aromatic carbocycles. The van der Waals surface area contributed by atoms with E-state index in [1.54, 1.807) is 33.8 Å². The zero-order valence-electron chi connectivity index (χ0n) is 15.2. The maximum Gasteiger partial charge on any atom is 0.410 e. The zero-order valence-corrected chi connectivity index (χ0v) is 15.2. The number of likely N-dealkylation sites (tertiary alicyclic amines) is 1. The van der Waals surface area contributed by atoms with Crippen molar-refractivity contribution in [1.82, 2.24) is 4.90 Å². The lowest BCUT2D eigenvalue weighted by Gasteiger charge is -2.42. The highest BCUT2D eigenvalue weighted by atomic mass is 19.1. The predicted octanol–water partition coefficient (Wildman–Crippen LogP) is 2.80. The number of nitrogens with zero attached hydrogens (tertiary/aromatic N) is 1. The van der Waals surface area contributed by atoms with Gasteiger partial charge in [-0.1, -0.05) is 0 Å². The standard InChI is InChI=1S/C18H26FN3O3/c1-12-8-13(19)10-14(9-12)21-18(15(20)23)6-5-7-22(11-18)16(24)25-17(2,3)4/h8-10,21H,5-7,11H2,1-4H3,(H2,20,23). The van der Waals surface area contributed by atoms with E-state index in [-0.39, 0.29) is 6.54 Å². The number of anilines is 1. The Morgan fingerprint density at radius 1 is 1.32 bits per heavy atom. The fraction of sp³-hybridized carbons (Fsp3) is 0.556. The molecule has 0 aliphatic carbocycles. The first-order valence-corrected chi connectivity index (χ1v) is 8.34. The van der Waals surface area contributed by atoms with Crippen molar-refractivity contribution < 1.29 is 18.7 Å². The summed E-state index contributed by atoms with van der Waals surface area (Å²) in [7, 11) is 0. The molecule has 1 fully saturated rings. The maximum absolute atomic E-state index is 13.7. The average molecular weight is 351 g/mol. The Labute approximate surface area is 147 Å². The van der Waals surface area contributed by atoms with Crippen LogP contribution >= 0.6 is 0 Å². The molecule has 0 spiro atoms. The molecule has 6 nitrogen and oxygen atoms in total. The number of carbonyl (C=O) groups excluding carboxylic acids is 2. The molecule has 0 radical (unpaired) electrons. The Bertz CT molecular complexity index is 652. The van der Waals surface area contributed by atoms with Crippen molar-refractivity contribution in [2.24, 2.45) is 5.73 Å². The fourth-order valence-corrected chi connectivity index (χ4v) is 2.99.